The molecule has 1 saturated carbocycles. The minimum absolute atomic E-state index is 0.0336. The van der Waals surface area contributed by atoms with Crippen LogP contribution in [0.2, 0.25) is 0 Å². The standard InChI is InChI=1S/C13H16BrF2N/c14-9-6-7-10(15)11(12(9)16)13(17)8-4-2-1-3-5-8/h6-8,13H,1-5,17H2/t13-/m1/s1. The normalized spacial score (nSPS) is 19.3. The van der Waals surface area contributed by atoms with Gasteiger partial charge in [0.15, 0.2) is 0 Å². The molecule has 1 aromatic carbocycles. The number of hydrogen-bond donors (Lipinski definition) is 1. The molecule has 0 heterocycles. The zero-order valence-electron chi connectivity index (χ0n) is 9.56. The Labute approximate surface area is 109 Å². The van der Waals surface area contributed by atoms with E-state index in [2.05, 4.69) is 15.9 Å². The molecule has 2 N–H and O–H groups in total. The van der Waals surface area contributed by atoms with Crippen molar-refractivity contribution in [3.8, 4) is 0 Å². The first kappa shape index (κ1) is 13.0. The highest BCUT2D eigenvalue weighted by Crippen LogP contribution is 2.36. The van der Waals surface area contributed by atoms with Gasteiger partial charge in [-0.2, -0.15) is 0 Å². The van der Waals surface area contributed by atoms with E-state index in [1.807, 2.05) is 0 Å². The van der Waals surface area contributed by atoms with Gasteiger partial charge in [0, 0.05) is 11.6 Å². The number of hydrogen-bond acceptors (Lipinski definition) is 1. The van der Waals surface area contributed by atoms with Crippen LogP contribution in [0.25, 0.3) is 0 Å². The van der Waals surface area contributed by atoms with Crippen molar-refractivity contribution in [2.75, 3.05) is 0 Å². The molecule has 1 fully saturated rings. The Morgan fingerprint density at radius 2 is 1.82 bits per heavy atom. The monoisotopic (exact) mass is 303 g/mol. The average Bonchev–Trinajstić information content (AvgIpc) is 2.35. The molecule has 1 aliphatic rings. The third kappa shape index (κ3) is 2.68. The van der Waals surface area contributed by atoms with E-state index in [0.29, 0.717) is 0 Å². The lowest BCUT2D eigenvalue weighted by molar-refractivity contribution is 0.298. The summed E-state index contributed by atoms with van der Waals surface area (Å²) in [7, 11) is 0. The fourth-order valence-corrected chi connectivity index (χ4v) is 2.92. The Morgan fingerprint density at radius 3 is 2.47 bits per heavy atom. The molecule has 2 rings (SSSR count). The van der Waals surface area contributed by atoms with Gasteiger partial charge in [-0.15, -0.1) is 0 Å². The molecular weight excluding hydrogens is 288 g/mol. The summed E-state index contributed by atoms with van der Waals surface area (Å²) in [5, 5.41) is 0. The molecule has 0 spiro atoms. The van der Waals surface area contributed by atoms with E-state index in [-0.39, 0.29) is 16.0 Å². The van der Waals surface area contributed by atoms with E-state index in [1.54, 1.807) is 0 Å². The summed E-state index contributed by atoms with van der Waals surface area (Å²) >= 11 is 3.08. The van der Waals surface area contributed by atoms with Gasteiger partial charge in [0.2, 0.25) is 0 Å². The van der Waals surface area contributed by atoms with E-state index in [4.69, 9.17) is 5.73 Å². The van der Waals surface area contributed by atoms with Crippen LogP contribution >= 0.6 is 15.9 Å². The molecular formula is C13H16BrF2N. The SMILES string of the molecule is N[C@@H](c1c(F)ccc(Br)c1F)C1CCCCC1. The van der Waals surface area contributed by atoms with E-state index < -0.39 is 17.7 Å². The Hall–Kier alpha value is -0.480. The van der Waals surface area contributed by atoms with Gasteiger partial charge in [0.25, 0.3) is 0 Å². The molecule has 4 heteroatoms. The molecule has 0 radical (unpaired) electrons. The fourth-order valence-electron chi connectivity index (χ4n) is 2.58. The molecule has 0 bridgehead atoms. The largest absolute Gasteiger partial charge is 0.324 e. The highest BCUT2D eigenvalue weighted by atomic mass is 79.9. The van der Waals surface area contributed by atoms with Gasteiger partial charge in [-0.05, 0) is 46.8 Å². The van der Waals surface area contributed by atoms with Crippen molar-refractivity contribution in [1.29, 1.82) is 0 Å². The lowest BCUT2D eigenvalue weighted by Crippen LogP contribution is -2.25. The summed E-state index contributed by atoms with van der Waals surface area (Å²) in [5.41, 5.74) is 6.07. The first-order valence-electron chi connectivity index (χ1n) is 6.00. The Balaban J connectivity index is 2.29. The smallest absolute Gasteiger partial charge is 0.145 e. The average molecular weight is 304 g/mol. The first-order valence-corrected chi connectivity index (χ1v) is 6.79. The molecule has 0 aromatic heterocycles. The van der Waals surface area contributed by atoms with Gasteiger partial charge in [-0.1, -0.05) is 19.3 Å². The maximum Gasteiger partial charge on any atom is 0.145 e. The molecule has 94 valence electrons. The third-order valence-corrected chi connectivity index (χ3v) is 4.18. The predicted octanol–water partition coefficient (Wildman–Crippen LogP) is 4.31. The van der Waals surface area contributed by atoms with Gasteiger partial charge in [0.1, 0.15) is 11.6 Å². The third-order valence-electron chi connectivity index (χ3n) is 3.57. The van der Waals surface area contributed by atoms with Crippen molar-refractivity contribution in [1.82, 2.24) is 0 Å². The second-order valence-electron chi connectivity index (χ2n) is 4.68. The summed E-state index contributed by atoms with van der Waals surface area (Å²) in [6, 6.07) is 2.11. The summed E-state index contributed by atoms with van der Waals surface area (Å²) in [6.45, 7) is 0. The van der Waals surface area contributed by atoms with Crippen molar-refractivity contribution in [2.24, 2.45) is 11.7 Å². The second-order valence-corrected chi connectivity index (χ2v) is 5.54. The quantitative estimate of drug-likeness (QED) is 0.810. The molecule has 0 saturated heterocycles. The number of nitrogens with two attached hydrogens (primary N) is 1. The van der Waals surface area contributed by atoms with Crippen LogP contribution in [0.3, 0.4) is 0 Å². The Morgan fingerprint density at radius 1 is 1.18 bits per heavy atom. The number of rotatable bonds is 2. The topological polar surface area (TPSA) is 26.0 Å². The zero-order valence-corrected chi connectivity index (χ0v) is 11.1. The Bertz CT molecular complexity index is 403. The van der Waals surface area contributed by atoms with Crippen molar-refractivity contribution in [2.45, 2.75) is 38.1 Å². The van der Waals surface area contributed by atoms with Gasteiger partial charge in [-0.3, -0.25) is 0 Å². The highest BCUT2D eigenvalue weighted by Gasteiger charge is 2.27. The summed E-state index contributed by atoms with van der Waals surface area (Å²) in [4.78, 5) is 0. The lowest BCUT2D eigenvalue weighted by Gasteiger charge is -2.28. The lowest BCUT2D eigenvalue weighted by atomic mass is 9.81. The van der Waals surface area contributed by atoms with Crippen LogP contribution in [-0.4, -0.2) is 0 Å². The molecule has 0 aliphatic heterocycles. The summed E-state index contributed by atoms with van der Waals surface area (Å²) in [5.74, 6) is -0.895. The molecule has 0 unspecified atom stereocenters. The number of halogens is 3. The van der Waals surface area contributed by atoms with E-state index in [1.165, 1.54) is 18.6 Å². The van der Waals surface area contributed by atoms with Gasteiger partial charge in [0.05, 0.1) is 4.47 Å². The molecule has 1 nitrogen and oxygen atoms in total. The molecule has 1 aromatic rings. The molecule has 1 atom stereocenters. The second kappa shape index (κ2) is 5.44. The van der Waals surface area contributed by atoms with Crippen molar-refractivity contribution >= 4 is 15.9 Å². The highest BCUT2D eigenvalue weighted by molar-refractivity contribution is 9.10. The van der Waals surface area contributed by atoms with Crippen LogP contribution in [-0.2, 0) is 0 Å². The minimum Gasteiger partial charge on any atom is -0.324 e. The maximum absolute atomic E-state index is 13.9. The Kier molecular flexibility index (Phi) is 4.15. The van der Waals surface area contributed by atoms with Gasteiger partial charge < -0.3 is 5.73 Å². The van der Waals surface area contributed by atoms with E-state index in [0.717, 1.165) is 25.7 Å². The van der Waals surface area contributed by atoms with Crippen molar-refractivity contribution in [3.05, 3.63) is 33.8 Å². The summed E-state index contributed by atoms with van der Waals surface area (Å²) in [6.07, 6.45) is 5.34. The molecule has 0 amide bonds. The fraction of sp³-hybridized carbons (Fsp3) is 0.538. The van der Waals surface area contributed by atoms with Crippen LogP contribution < -0.4 is 5.73 Å². The van der Waals surface area contributed by atoms with Crippen LogP contribution in [0.5, 0.6) is 0 Å². The van der Waals surface area contributed by atoms with Crippen LogP contribution in [0.4, 0.5) is 8.78 Å². The van der Waals surface area contributed by atoms with E-state index >= 15 is 0 Å². The predicted molar refractivity (Wildman–Crippen MR) is 67.6 cm³/mol. The first-order chi connectivity index (χ1) is 8.11. The van der Waals surface area contributed by atoms with Crippen molar-refractivity contribution < 1.29 is 8.78 Å². The molecule has 1 aliphatic carbocycles. The van der Waals surface area contributed by atoms with Crippen LogP contribution in [0.15, 0.2) is 16.6 Å². The zero-order chi connectivity index (χ0) is 12.4. The van der Waals surface area contributed by atoms with Crippen LogP contribution in [0, 0.1) is 17.6 Å². The summed E-state index contributed by atoms with van der Waals surface area (Å²) < 4.78 is 27.9. The molecule has 17 heavy (non-hydrogen) atoms. The van der Waals surface area contributed by atoms with Gasteiger partial charge >= 0.3 is 0 Å². The van der Waals surface area contributed by atoms with Crippen molar-refractivity contribution in [3.63, 3.8) is 0 Å². The van der Waals surface area contributed by atoms with E-state index in [9.17, 15) is 8.78 Å². The maximum atomic E-state index is 13.9. The number of benzene rings is 1. The van der Waals surface area contributed by atoms with Crippen LogP contribution in [0.1, 0.15) is 43.7 Å². The minimum atomic E-state index is -0.553. The van der Waals surface area contributed by atoms with Gasteiger partial charge in [-0.25, -0.2) is 8.78 Å².